The standard InChI is InChI=1S/C21H25N5O3S2/c1-23-20(19-6-3-13-29-19)22-26(21(23)30)15-24-9-11-25(12-10-24)31(27,28)18-8-7-16-4-2-5-17(16)14-18/h3,6-8,13-14H,2,4-5,9-12,15H2,1H3. The average molecular weight is 460 g/mol. The van der Waals surface area contributed by atoms with Crippen LogP contribution in [0, 0.1) is 4.77 Å². The molecule has 2 aliphatic rings. The summed E-state index contributed by atoms with van der Waals surface area (Å²) in [7, 11) is -1.61. The van der Waals surface area contributed by atoms with Gasteiger partial charge >= 0.3 is 0 Å². The molecular formula is C21H25N5O3S2. The van der Waals surface area contributed by atoms with Crippen LogP contribution >= 0.6 is 12.2 Å². The number of fused-ring (bicyclic) bond motifs is 1. The van der Waals surface area contributed by atoms with Gasteiger partial charge in [0.25, 0.3) is 0 Å². The fourth-order valence-corrected chi connectivity index (χ4v) is 6.02. The average Bonchev–Trinajstić information content (AvgIpc) is 3.51. The summed E-state index contributed by atoms with van der Waals surface area (Å²) in [5.74, 6) is 1.34. The Labute approximate surface area is 186 Å². The minimum absolute atomic E-state index is 0.414. The van der Waals surface area contributed by atoms with Crippen LogP contribution in [0.3, 0.4) is 0 Å². The molecule has 1 fully saturated rings. The predicted octanol–water partition coefficient (Wildman–Crippen LogP) is 2.66. The van der Waals surface area contributed by atoms with E-state index in [1.54, 1.807) is 21.3 Å². The summed E-state index contributed by atoms with van der Waals surface area (Å²) in [5.41, 5.74) is 2.46. The molecule has 0 radical (unpaired) electrons. The van der Waals surface area contributed by atoms with Gasteiger partial charge in [0.2, 0.25) is 10.0 Å². The van der Waals surface area contributed by atoms with Crippen LogP contribution in [-0.2, 0) is 36.6 Å². The third-order valence-electron chi connectivity index (χ3n) is 6.16. The van der Waals surface area contributed by atoms with E-state index in [4.69, 9.17) is 16.6 Å². The zero-order valence-corrected chi connectivity index (χ0v) is 19.0. The summed E-state index contributed by atoms with van der Waals surface area (Å²) in [6.45, 7) is 2.66. The molecule has 8 nitrogen and oxygen atoms in total. The van der Waals surface area contributed by atoms with Crippen molar-refractivity contribution in [3.63, 3.8) is 0 Å². The Balaban J connectivity index is 1.27. The fourth-order valence-electron chi connectivity index (χ4n) is 4.36. The third-order valence-corrected chi connectivity index (χ3v) is 8.53. The maximum atomic E-state index is 13.1. The highest BCUT2D eigenvalue weighted by Gasteiger charge is 2.29. The van der Waals surface area contributed by atoms with Crippen molar-refractivity contribution in [2.24, 2.45) is 7.05 Å². The van der Waals surface area contributed by atoms with Crippen LogP contribution in [0.25, 0.3) is 11.6 Å². The number of piperazine rings is 1. The summed E-state index contributed by atoms with van der Waals surface area (Å²) < 4.78 is 37.5. The SMILES string of the molecule is Cn1c(-c2ccco2)nn(CN2CCN(S(=O)(=O)c3ccc4c(c3)CCC4)CC2)c1=S. The van der Waals surface area contributed by atoms with Crippen LogP contribution in [0.4, 0.5) is 0 Å². The number of aryl methyl sites for hydroxylation is 2. The van der Waals surface area contributed by atoms with Gasteiger partial charge in [-0.05, 0) is 66.9 Å². The van der Waals surface area contributed by atoms with Crippen LogP contribution in [-0.4, -0.2) is 58.1 Å². The summed E-state index contributed by atoms with van der Waals surface area (Å²) >= 11 is 5.53. The van der Waals surface area contributed by atoms with Crippen molar-refractivity contribution in [1.29, 1.82) is 0 Å². The first-order valence-corrected chi connectivity index (χ1v) is 12.3. The largest absolute Gasteiger partial charge is 0.461 e. The van der Waals surface area contributed by atoms with Gasteiger partial charge in [-0.2, -0.15) is 4.31 Å². The number of furan rings is 1. The number of rotatable bonds is 5. The van der Waals surface area contributed by atoms with E-state index < -0.39 is 10.0 Å². The molecule has 0 amide bonds. The predicted molar refractivity (Wildman–Crippen MR) is 119 cm³/mol. The van der Waals surface area contributed by atoms with Crippen molar-refractivity contribution in [1.82, 2.24) is 23.6 Å². The van der Waals surface area contributed by atoms with Gasteiger partial charge in [-0.15, -0.1) is 5.10 Å². The highest BCUT2D eigenvalue weighted by molar-refractivity contribution is 7.89. The van der Waals surface area contributed by atoms with Crippen molar-refractivity contribution < 1.29 is 12.8 Å². The third kappa shape index (κ3) is 3.78. The smallest absolute Gasteiger partial charge is 0.243 e. The molecule has 0 spiro atoms. The number of hydrogen-bond donors (Lipinski definition) is 0. The molecule has 0 atom stereocenters. The Bertz CT molecular complexity index is 1250. The fraction of sp³-hybridized carbons (Fsp3) is 0.429. The highest BCUT2D eigenvalue weighted by Crippen LogP contribution is 2.27. The lowest BCUT2D eigenvalue weighted by Crippen LogP contribution is -2.48. The van der Waals surface area contributed by atoms with Crippen molar-refractivity contribution in [3.8, 4) is 11.6 Å². The second-order valence-corrected chi connectivity index (χ2v) is 10.4. The minimum Gasteiger partial charge on any atom is -0.461 e. The molecule has 2 aromatic heterocycles. The highest BCUT2D eigenvalue weighted by atomic mass is 32.2. The maximum absolute atomic E-state index is 13.1. The molecule has 1 aromatic carbocycles. The van der Waals surface area contributed by atoms with Crippen LogP contribution in [0.1, 0.15) is 17.5 Å². The molecular weight excluding hydrogens is 434 g/mol. The molecule has 0 N–H and O–H groups in total. The van der Waals surface area contributed by atoms with Gasteiger partial charge in [-0.3, -0.25) is 4.90 Å². The molecule has 1 aliphatic carbocycles. The first kappa shape index (κ1) is 20.6. The Hall–Kier alpha value is -2.27. The lowest BCUT2D eigenvalue weighted by Gasteiger charge is -2.33. The van der Waals surface area contributed by atoms with E-state index in [1.165, 1.54) is 11.1 Å². The van der Waals surface area contributed by atoms with Gasteiger partial charge < -0.3 is 8.98 Å². The number of sulfonamides is 1. The van der Waals surface area contributed by atoms with E-state index in [0.717, 1.165) is 19.3 Å². The molecule has 0 saturated carbocycles. The van der Waals surface area contributed by atoms with Gasteiger partial charge in [-0.25, -0.2) is 13.1 Å². The number of nitrogens with zero attached hydrogens (tertiary/aromatic N) is 5. The number of benzene rings is 1. The molecule has 31 heavy (non-hydrogen) atoms. The molecule has 1 saturated heterocycles. The van der Waals surface area contributed by atoms with Crippen molar-refractivity contribution in [3.05, 3.63) is 52.5 Å². The zero-order chi connectivity index (χ0) is 21.6. The van der Waals surface area contributed by atoms with E-state index >= 15 is 0 Å². The van der Waals surface area contributed by atoms with Gasteiger partial charge in [0.05, 0.1) is 17.8 Å². The second kappa shape index (κ2) is 8.01. The molecule has 3 aromatic rings. The van der Waals surface area contributed by atoms with Gasteiger partial charge in [0.1, 0.15) is 0 Å². The number of aromatic nitrogens is 3. The second-order valence-electron chi connectivity index (χ2n) is 8.09. The van der Waals surface area contributed by atoms with Crippen LogP contribution < -0.4 is 0 Å². The Morgan fingerprint density at radius 1 is 1.10 bits per heavy atom. The maximum Gasteiger partial charge on any atom is 0.243 e. The quantitative estimate of drug-likeness (QED) is 0.546. The molecule has 1 aliphatic heterocycles. The molecule has 3 heterocycles. The molecule has 0 unspecified atom stereocenters. The first-order chi connectivity index (χ1) is 14.9. The monoisotopic (exact) mass is 459 g/mol. The lowest BCUT2D eigenvalue weighted by atomic mass is 10.1. The summed E-state index contributed by atoms with van der Waals surface area (Å²) in [6, 6.07) is 9.27. The summed E-state index contributed by atoms with van der Waals surface area (Å²) in [5, 5.41) is 4.60. The molecule has 164 valence electrons. The van der Waals surface area contributed by atoms with Crippen LogP contribution in [0.5, 0.6) is 0 Å². The summed E-state index contributed by atoms with van der Waals surface area (Å²) in [6.07, 6.45) is 4.73. The Morgan fingerprint density at radius 3 is 2.61 bits per heavy atom. The van der Waals surface area contributed by atoms with E-state index in [-0.39, 0.29) is 0 Å². The molecule has 0 bridgehead atoms. The Kier molecular flexibility index (Phi) is 5.33. The normalized spacial score (nSPS) is 17.8. The topological polar surface area (TPSA) is 76.5 Å². The Morgan fingerprint density at radius 2 is 1.87 bits per heavy atom. The number of hydrogen-bond acceptors (Lipinski definition) is 6. The molecule has 10 heteroatoms. The first-order valence-electron chi connectivity index (χ1n) is 10.5. The van der Waals surface area contributed by atoms with Crippen molar-refractivity contribution >= 4 is 22.2 Å². The van der Waals surface area contributed by atoms with Gasteiger partial charge in [0.15, 0.2) is 16.4 Å². The molecule has 5 rings (SSSR count). The zero-order valence-electron chi connectivity index (χ0n) is 17.4. The lowest BCUT2D eigenvalue weighted by molar-refractivity contribution is 0.144. The van der Waals surface area contributed by atoms with E-state index in [0.29, 0.717) is 54.1 Å². The summed E-state index contributed by atoms with van der Waals surface area (Å²) in [4.78, 5) is 2.58. The van der Waals surface area contributed by atoms with Gasteiger partial charge in [0, 0.05) is 33.2 Å². The van der Waals surface area contributed by atoms with Crippen molar-refractivity contribution in [2.75, 3.05) is 26.2 Å². The van der Waals surface area contributed by atoms with Crippen molar-refractivity contribution in [2.45, 2.75) is 30.8 Å². The van der Waals surface area contributed by atoms with Crippen LogP contribution in [0.15, 0.2) is 45.9 Å². The van der Waals surface area contributed by atoms with Crippen LogP contribution in [0.2, 0.25) is 0 Å². The van der Waals surface area contributed by atoms with Gasteiger partial charge in [-0.1, -0.05) is 6.07 Å². The van der Waals surface area contributed by atoms with E-state index in [2.05, 4.69) is 10.00 Å². The van der Waals surface area contributed by atoms with E-state index in [1.807, 2.05) is 35.9 Å². The van der Waals surface area contributed by atoms with E-state index in [9.17, 15) is 8.42 Å². The minimum atomic E-state index is -3.47.